The molecule has 0 aromatic carbocycles. The second-order valence-corrected chi connectivity index (χ2v) is 6.36. The smallest absolute Gasteiger partial charge is 0.159 e. The van der Waals surface area contributed by atoms with Gasteiger partial charge in [0.15, 0.2) is 5.82 Å². The molecule has 0 amide bonds. The highest BCUT2D eigenvalue weighted by atomic mass is 32.2. The fourth-order valence-electron chi connectivity index (χ4n) is 2.05. The summed E-state index contributed by atoms with van der Waals surface area (Å²) < 4.78 is 0. The summed E-state index contributed by atoms with van der Waals surface area (Å²) in [7, 11) is 0. The van der Waals surface area contributed by atoms with Gasteiger partial charge in [-0.25, -0.2) is 0 Å². The van der Waals surface area contributed by atoms with Crippen LogP contribution in [0.4, 0.5) is 5.82 Å². The van der Waals surface area contributed by atoms with Gasteiger partial charge in [-0.05, 0) is 38.0 Å². The fourth-order valence-corrected chi connectivity index (χ4v) is 3.50. The molecule has 0 aliphatic carbocycles. The maximum atomic E-state index is 5.79. The molecule has 2 rings (SSSR count). The van der Waals surface area contributed by atoms with Gasteiger partial charge in [0.1, 0.15) is 4.99 Å². The molecule has 1 fully saturated rings. The van der Waals surface area contributed by atoms with E-state index in [0.717, 1.165) is 29.2 Å². The van der Waals surface area contributed by atoms with Gasteiger partial charge in [0.05, 0.1) is 11.3 Å². The lowest BCUT2D eigenvalue weighted by Gasteiger charge is -2.15. The van der Waals surface area contributed by atoms with Crippen LogP contribution in [0.3, 0.4) is 0 Å². The van der Waals surface area contributed by atoms with Crippen molar-refractivity contribution in [3.63, 3.8) is 0 Å². The third-order valence-corrected chi connectivity index (χ3v) is 4.82. The monoisotopic (exact) mass is 282 g/mol. The van der Waals surface area contributed by atoms with Crippen molar-refractivity contribution in [3.05, 3.63) is 16.8 Å². The Labute approximate surface area is 117 Å². The lowest BCUT2D eigenvalue weighted by atomic mass is 10.1. The minimum atomic E-state index is 0.382. The van der Waals surface area contributed by atoms with Gasteiger partial charge in [-0.2, -0.15) is 16.9 Å². The van der Waals surface area contributed by atoms with Crippen LogP contribution in [0, 0.1) is 13.8 Å². The van der Waals surface area contributed by atoms with Crippen LogP contribution >= 0.6 is 24.0 Å². The third-order valence-electron chi connectivity index (χ3n) is 3.22. The van der Waals surface area contributed by atoms with E-state index < -0.39 is 0 Å². The summed E-state index contributed by atoms with van der Waals surface area (Å²) in [5, 5.41) is 12.3. The first-order valence-electron chi connectivity index (χ1n) is 6.08. The second kappa shape index (κ2) is 5.84. The van der Waals surface area contributed by atoms with Gasteiger partial charge in [-0.1, -0.05) is 12.2 Å². The Balaban J connectivity index is 2.16. The highest BCUT2D eigenvalue weighted by Crippen LogP contribution is 2.27. The molecule has 1 saturated heterocycles. The van der Waals surface area contributed by atoms with E-state index in [-0.39, 0.29) is 0 Å². The van der Waals surface area contributed by atoms with Gasteiger partial charge >= 0.3 is 0 Å². The second-order valence-electron chi connectivity index (χ2n) is 4.51. The Kier molecular flexibility index (Phi) is 4.40. The Morgan fingerprint density at radius 1 is 1.50 bits per heavy atom. The maximum absolute atomic E-state index is 5.79. The maximum Gasteiger partial charge on any atom is 0.159 e. The van der Waals surface area contributed by atoms with E-state index in [0.29, 0.717) is 10.2 Å². The summed E-state index contributed by atoms with van der Waals surface area (Å²) in [5.74, 6) is 1.98. The van der Waals surface area contributed by atoms with Gasteiger partial charge in [-0.3, -0.25) is 0 Å². The number of hydrogen-bond acceptors (Lipinski definition) is 5. The highest BCUT2D eigenvalue weighted by Gasteiger charge is 2.18. The first-order valence-corrected chi connectivity index (χ1v) is 7.54. The minimum Gasteiger partial charge on any atom is -0.389 e. The van der Waals surface area contributed by atoms with Crippen molar-refractivity contribution in [3.8, 4) is 0 Å². The van der Waals surface area contributed by atoms with E-state index in [1.165, 1.54) is 18.6 Å². The van der Waals surface area contributed by atoms with Gasteiger partial charge in [0.25, 0.3) is 0 Å². The lowest BCUT2D eigenvalue weighted by Crippen LogP contribution is -2.21. The first kappa shape index (κ1) is 13.5. The van der Waals surface area contributed by atoms with Crippen molar-refractivity contribution in [1.29, 1.82) is 0 Å². The zero-order valence-electron chi connectivity index (χ0n) is 10.7. The summed E-state index contributed by atoms with van der Waals surface area (Å²) in [6.45, 7) is 4.80. The summed E-state index contributed by atoms with van der Waals surface area (Å²) in [6.07, 6.45) is 2.57. The molecule has 18 heavy (non-hydrogen) atoms. The number of rotatable bonds is 4. The fraction of sp³-hybridized carbons (Fsp3) is 0.583. The van der Waals surface area contributed by atoms with Crippen LogP contribution in [0.25, 0.3) is 0 Å². The number of thioether (sulfide) groups is 1. The molecule has 6 heteroatoms. The Bertz CT molecular complexity index is 456. The van der Waals surface area contributed by atoms with Crippen LogP contribution in [0.2, 0.25) is 0 Å². The van der Waals surface area contributed by atoms with E-state index in [1.54, 1.807) is 0 Å². The van der Waals surface area contributed by atoms with Gasteiger partial charge in [0.2, 0.25) is 0 Å². The molecule has 2 heterocycles. The van der Waals surface area contributed by atoms with Crippen molar-refractivity contribution in [1.82, 2.24) is 10.2 Å². The van der Waals surface area contributed by atoms with Crippen molar-refractivity contribution in [2.45, 2.75) is 31.9 Å². The van der Waals surface area contributed by atoms with E-state index in [1.807, 2.05) is 25.6 Å². The zero-order valence-corrected chi connectivity index (χ0v) is 12.3. The zero-order chi connectivity index (χ0) is 13.1. The highest BCUT2D eigenvalue weighted by molar-refractivity contribution is 8.00. The molecule has 0 saturated carbocycles. The third kappa shape index (κ3) is 2.92. The van der Waals surface area contributed by atoms with E-state index in [4.69, 9.17) is 18.0 Å². The largest absolute Gasteiger partial charge is 0.389 e. The van der Waals surface area contributed by atoms with Crippen molar-refractivity contribution >= 4 is 34.8 Å². The molecular weight excluding hydrogens is 264 g/mol. The molecule has 0 radical (unpaired) electrons. The number of nitrogens with two attached hydrogens (primary N) is 1. The van der Waals surface area contributed by atoms with Crippen molar-refractivity contribution in [2.75, 3.05) is 17.6 Å². The summed E-state index contributed by atoms with van der Waals surface area (Å²) in [5.41, 5.74) is 8.51. The normalized spacial score (nSPS) is 18.9. The van der Waals surface area contributed by atoms with E-state index in [9.17, 15) is 0 Å². The number of nitrogens with one attached hydrogen (secondary N) is 1. The molecule has 4 nitrogen and oxygen atoms in total. The minimum absolute atomic E-state index is 0.382. The summed E-state index contributed by atoms with van der Waals surface area (Å²) in [4.78, 5) is 0.382. The molecule has 98 valence electrons. The van der Waals surface area contributed by atoms with Crippen LogP contribution in [0.1, 0.15) is 29.7 Å². The summed E-state index contributed by atoms with van der Waals surface area (Å²) >= 11 is 7.12. The Hall–Kier alpha value is -0.880. The number of aromatic nitrogens is 2. The molecule has 1 aliphatic heterocycles. The summed E-state index contributed by atoms with van der Waals surface area (Å²) in [6, 6.07) is 0. The average Bonchev–Trinajstić information content (AvgIpc) is 2.83. The molecule has 0 bridgehead atoms. The topological polar surface area (TPSA) is 63.8 Å². The molecule has 1 aromatic rings. The van der Waals surface area contributed by atoms with Crippen LogP contribution in [0.15, 0.2) is 0 Å². The molecule has 1 aromatic heterocycles. The standard InChI is InChI=1S/C12H18N4S2/c1-7-8(2)15-16-12(10(7)11(13)17)14-6-9-4-3-5-18-9/h9H,3-6H2,1-2H3,(H2,13,17)(H,14,16). The number of aryl methyl sites for hydroxylation is 1. The Morgan fingerprint density at radius 3 is 2.89 bits per heavy atom. The number of thiocarbonyl (C=S) groups is 1. The quantitative estimate of drug-likeness (QED) is 0.824. The molecule has 1 unspecified atom stereocenters. The molecule has 1 atom stereocenters. The Morgan fingerprint density at radius 2 is 2.28 bits per heavy atom. The molecular formula is C12H18N4S2. The number of nitrogens with zero attached hydrogens (tertiary/aromatic N) is 2. The predicted octanol–water partition coefficient (Wildman–Crippen LogP) is 2.04. The number of hydrogen-bond donors (Lipinski definition) is 2. The van der Waals surface area contributed by atoms with Crippen LogP contribution in [-0.2, 0) is 0 Å². The molecule has 1 aliphatic rings. The van der Waals surface area contributed by atoms with E-state index >= 15 is 0 Å². The van der Waals surface area contributed by atoms with Crippen LogP contribution in [0.5, 0.6) is 0 Å². The van der Waals surface area contributed by atoms with Crippen LogP contribution < -0.4 is 11.1 Å². The van der Waals surface area contributed by atoms with Gasteiger partial charge in [0, 0.05) is 11.8 Å². The number of anilines is 1. The predicted molar refractivity (Wildman–Crippen MR) is 81.4 cm³/mol. The SMILES string of the molecule is Cc1nnc(NCC2CCCS2)c(C(N)=S)c1C. The van der Waals surface area contributed by atoms with Crippen molar-refractivity contribution < 1.29 is 0 Å². The van der Waals surface area contributed by atoms with Gasteiger partial charge < -0.3 is 11.1 Å². The van der Waals surface area contributed by atoms with E-state index in [2.05, 4.69) is 15.5 Å². The molecule has 3 N–H and O–H groups in total. The lowest BCUT2D eigenvalue weighted by molar-refractivity contribution is 0.799. The average molecular weight is 282 g/mol. The first-order chi connectivity index (χ1) is 8.59. The van der Waals surface area contributed by atoms with Crippen molar-refractivity contribution in [2.24, 2.45) is 5.73 Å². The van der Waals surface area contributed by atoms with Crippen LogP contribution in [-0.4, -0.2) is 32.7 Å². The van der Waals surface area contributed by atoms with Gasteiger partial charge in [-0.15, -0.1) is 5.10 Å². The molecule has 0 spiro atoms.